The van der Waals surface area contributed by atoms with Crippen LogP contribution in [0.5, 0.6) is 0 Å². The van der Waals surface area contributed by atoms with Gasteiger partial charge in [-0.15, -0.1) is 10.5 Å². The molecular weight excluding hydrogens is 246 g/mol. The number of nitrogens with zero attached hydrogens (tertiary/aromatic N) is 3. The number of fused-ring (bicyclic) bond motifs is 1. The van der Waals surface area contributed by atoms with Crippen LogP contribution in [0.1, 0.15) is 70.3 Å². The van der Waals surface area contributed by atoms with Crippen LogP contribution >= 0.6 is 0 Å². The molecule has 2 rings (SSSR count). The van der Waals surface area contributed by atoms with Crippen LogP contribution in [-0.4, -0.2) is 0 Å². The monoisotopic (exact) mass is 272 g/mol. The molecule has 0 saturated heterocycles. The minimum atomic E-state index is 0.929. The van der Waals surface area contributed by atoms with Crippen LogP contribution in [0, 0.1) is 0 Å². The molecule has 1 aromatic carbocycles. The Morgan fingerprint density at radius 2 is 1.55 bits per heavy atom. The van der Waals surface area contributed by atoms with E-state index in [2.05, 4.69) is 34.8 Å². The first kappa shape index (κ1) is 15.0. The van der Waals surface area contributed by atoms with Gasteiger partial charge in [-0.3, -0.25) is 0 Å². The van der Waals surface area contributed by atoms with E-state index >= 15 is 0 Å². The zero-order chi connectivity index (χ0) is 14.0. The fourth-order valence-corrected chi connectivity index (χ4v) is 2.72. The molecule has 0 saturated carbocycles. The Hall–Kier alpha value is -1.38. The van der Waals surface area contributed by atoms with Crippen LogP contribution in [0.15, 0.2) is 28.5 Å². The van der Waals surface area contributed by atoms with Crippen molar-refractivity contribution >= 4 is 11.4 Å². The Bertz CT molecular complexity index is 426. The molecule has 3 heteroatoms. The molecule has 0 atom stereocenters. The van der Waals surface area contributed by atoms with Gasteiger partial charge in [-0.25, -0.2) is 0 Å². The maximum absolute atomic E-state index is 4.11. The van der Waals surface area contributed by atoms with Crippen molar-refractivity contribution in [3.63, 3.8) is 0 Å². The zero-order valence-corrected chi connectivity index (χ0v) is 12.6. The Morgan fingerprint density at radius 1 is 0.850 bits per heavy atom. The third-order valence-corrected chi connectivity index (χ3v) is 3.95. The van der Waals surface area contributed by atoms with Crippen molar-refractivity contribution in [1.29, 1.82) is 0 Å². The Morgan fingerprint density at radius 3 is 2.30 bits per heavy atom. The summed E-state index contributed by atoms with van der Waals surface area (Å²) in [5, 5.41) is 7.87. The molecule has 0 N–H and O–H groups in total. The van der Waals surface area contributed by atoms with Gasteiger partial charge in [0.15, 0.2) is 0 Å². The summed E-state index contributed by atoms with van der Waals surface area (Å²) in [5.41, 5.74) is 7.23. The van der Waals surface area contributed by atoms with E-state index < -0.39 is 0 Å². The topological polar surface area (TPSA) is 38.8 Å². The van der Waals surface area contributed by atoms with Gasteiger partial charge in [-0.05, 0) is 29.7 Å². The molecule has 0 unspecified atom stereocenters. The fraction of sp³-hybridized carbons (Fsp3) is 0.647. The van der Waals surface area contributed by atoms with Gasteiger partial charge in [0, 0.05) is 0 Å². The highest BCUT2D eigenvalue weighted by molar-refractivity contribution is 5.66. The van der Waals surface area contributed by atoms with Crippen LogP contribution in [0.25, 0.3) is 0 Å². The standard InChI is InChI=1S/C17H26N3/c1-2-3-4-5-6-7-8-9-10-12-15-13-11-14-16-17(15)19-20-18-16/h11,13-14H,2-10,12H2,1H3. The minimum Gasteiger partial charge on any atom is -0.128 e. The molecule has 0 amide bonds. The summed E-state index contributed by atoms with van der Waals surface area (Å²) < 4.78 is 0. The summed E-state index contributed by atoms with van der Waals surface area (Å²) in [5.74, 6) is 0. The molecule has 3 nitrogen and oxygen atoms in total. The highest BCUT2D eigenvalue weighted by Gasteiger charge is 2.12. The molecule has 0 aliphatic carbocycles. The lowest BCUT2D eigenvalue weighted by molar-refractivity contribution is 0.565. The number of benzene rings is 1. The molecule has 0 aromatic heterocycles. The molecule has 1 aliphatic heterocycles. The van der Waals surface area contributed by atoms with Crippen molar-refractivity contribution in [2.45, 2.75) is 71.1 Å². The smallest absolute Gasteiger partial charge is 0.118 e. The van der Waals surface area contributed by atoms with Crippen LogP contribution in [0.3, 0.4) is 0 Å². The molecular formula is C17H26N3. The van der Waals surface area contributed by atoms with Crippen molar-refractivity contribution in [3.8, 4) is 0 Å². The van der Waals surface area contributed by atoms with E-state index in [-0.39, 0.29) is 0 Å². The number of unbranched alkanes of at least 4 members (excludes halogenated alkanes) is 8. The summed E-state index contributed by atoms with van der Waals surface area (Å²) in [6.45, 7) is 2.27. The highest BCUT2D eigenvalue weighted by atomic mass is 15.5. The molecule has 1 radical (unpaired) electrons. The maximum Gasteiger partial charge on any atom is 0.118 e. The molecule has 0 fully saturated rings. The Labute approximate surface area is 122 Å². The number of aryl methyl sites for hydroxylation is 1. The molecule has 1 aliphatic rings. The van der Waals surface area contributed by atoms with Gasteiger partial charge in [0.05, 0.1) is 0 Å². The van der Waals surface area contributed by atoms with E-state index in [0.717, 1.165) is 17.8 Å². The van der Waals surface area contributed by atoms with E-state index in [1.54, 1.807) is 0 Å². The molecule has 1 heterocycles. The largest absolute Gasteiger partial charge is 0.128 e. The number of hydrogen-bond acceptors (Lipinski definition) is 2. The first-order chi connectivity index (χ1) is 9.92. The summed E-state index contributed by atoms with van der Waals surface area (Å²) in [6.07, 6.45) is 13.4. The second-order valence-electron chi connectivity index (χ2n) is 5.65. The van der Waals surface area contributed by atoms with Crippen molar-refractivity contribution in [2.24, 2.45) is 10.3 Å². The Kier molecular flexibility index (Phi) is 6.55. The van der Waals surface area contributed by atoms with Gasteiger partial charge >= 0.3 is 0 Å². The summed E-state index contributed by atoms with van der Waals surface area (Å²) >= 11 is 0. The van der Waals surface area contributed by atoms with Crippen LogP contribution in [0.2, 0.25) is 0 Å². The first-order valence-corrected chi connectivity index (χ1v) is 8.15. The fourth-order valence-electron chi connectivity index (χ4n) is 2.72. The van der Waals surface area contributed by atoms with Crippen molar-refractivity contribution < 1.29 is 0 Å². The quantitative estimate of drug-likeness (QED) is 0.468. The van der Waals surface area contributed by atoms with E-state index in [9.17, 15) is 0 Å². The first-order valence-electron chi connectivity index (χ1n) is 8.15. The van der Waals surface area contributed by atoms with Gasteiger partial charge in [0.1, 0.15) is 11.4 Å². The average molecular weight is 272 g/mol. The predicted molar refractivity (Wildman–Crippen MR) is 83.7 cm³/mol. The second kappa shape index (κ2) is 8.72. The minimum absolute atomic E-state index is 0.929. The van der Waals surface area contributed by atoms with Gasteiger partial charge < -0.3 is 0 Å². The highest BCUT2D eigenvalue weighted by Crippen LogP contribution is 2.34. The van der Waals surface area contributed by atoms with E-state index in [0.29, 0.717) is 0 Å². The predicted octanol–water partition coefficient (Wildman–Crippen LogP) is 6.01. The van der Waals surface area contributed by atoms with Crippen molar-refractivity contribution in [1.82, 2.24) is 5.43 Å². The Balaban J connectivity index is 1.56. The lowest BCUT2D eigenvalue weighted by atomic mass is 10.0. The summed E-state index contributed by atoms with van der Waals surface area (Å²) in [4.78, 5) is 0. The lowest BCUT2D eigenvalue weighted by Gasteiger charge is -2.05. The lowest BCUT2D eigenvalue weighted by Crippen LogP contribution is -1.88. The van der Waals surface area contributed by atoms with Gasteiger partial charge in [0.25, 0.3) is 0 Å². The normalized spacial score (nSPS) is 12.4. The molecule has 20 heavy (non-hydrogen) atoms. The van der Waals surface area contributed by atoms with Crippen molar-refractivity contribution in [2.75, 3.05) is 0 Å². The summed E-state index contributed by atoms with van der Waals surface area (Å²) in [7, 11) is 0. The maximum atomic E-state index is 4.11. The second-order valence-corrected chi connectivity index (χ2v) is 5.65. The van der Waals surface area contributed by atoms with E-state index in [4.69, 9.17) is 0 Å². The molecule has 109 valence electrons. The van der Waals surface area contributed by atoms with Crippen LogP contribution in [0.4, 0.5) is 11.4 Å². The molecule has 0 bridgehead atoms. The molecule has 1 aromatic rings. The zero-order valence-electron chi connectivity index (χ0n) is 12.6. The van der Waals surface area contributed by atoms with Gasteiger partial charge in [-0.2, -0.15) is 0 Å². The third kappa shape index (κ3) is 4.62. The van der Waals surface area contributed by atoms with E-state index in [1.165, 1.54) is 63.4 Å². The average Bonchev–Trinajstić information content (AvgIpc) is 2.95. The molecule has 0 spiro atoms. The van der Waals surface area contributed by atoms with Gasteiger partial charge in [0.2, 0.25) is 0 Å². The third-order valence-electron chi connectivity index (χ3n) is 3.95. The van der Waals surface area contributed by atoms with E-state index in [1.807, 2.05) is 6.07 Å². The number of rotatable bonds is 10. The van der Waals surface area contributed by atoms with Crippen LogP contribution < -0.4 is 5.43 Å². The van der Waals surface area contributed by atoms with Gasteiger partial charge in [-0.1, -0.05) is 70.4 Å². The number of hydrogen-bond donors (Lipinski definition) is 0. The van der Waals surface area contributed by atoms with Crippen LogP contribution in [-0.2, 0) is 6.42 Å². The summed E-state index contributed by atoms with van der Waals surface area (Å²) in [6, 6.07) is 6.19. The van der Waals surface area contributed by atoms with Crippen molar-refractivity contribution in [3.05, 3.63) is 23.8 Å². The SMILES string of the molecule is CCCCCCCCCCCc1cccc2c1N=N[N]2.